The number of hydrogen-bond donors (Lipinski definition) is 2. The quantitative estimate of drug-likeness (QED) is 0.878. The first-order valence-electron chi connectivity index (χ1n) is 7.05. The van der Waals surface area contributed by atoms with E-state index in [1.165, 1.54) is 24.0 Å². The number of aliphatic hydroxyl groups is 1. The first-order valence-corrected chi connectivity index (χ1v) is 7.42. The van der Waals surface area contributed by atoms with Crippen LogP contribution >= 0.6 is 11.6 Å². The van der Waals surface area contributed by atoms with Crippen LogP contribution in [0.25, 0.3) is 0 Å². The number of halogens is 2. The molecule has 0 spiro atoms. The third kappa shape index (κ3) is 3.76. The highest BCUT2D eigenvalue weighted by Crippen LogP contribution is 2.33. The summed E-state index contributed by atoms with van der Waals surface area (Å²) in [5.41, 5.74) is -0.873. The molecule has 2 N–H and O–H groups in total. The van der Waals surface area contributed by atoms with Gasteiger partial charge in [-0.05, 0) is 17.7 Å². The van der Waals surface area contributed by atoms with Gasteiger partial charge in [0.2, 0.25) is 5.91 Å². The Morgan fingerprint density at radius 3 is 3.00 bits per heavy atom. The molecule has 122 valence electrons. The molecule has 2 rings (SSSR count). The molecule has 1 aliphatic rings. The van der Waals surface area contributed by atoms with Gasteiger partial charge in [0, 0.05) is 27.1 Å². The minimum Gasteiger partial charge on any atom is -0.384 e. The van der Waals surface area contributed by atoms with Gasteiger partial charge in [-0.1, -0.05) is 17.7 Å². The van der Waals surface area contributed by atoms with E-state index in [0.29, 0.717) is 18.7 Å². The van der Waals surface area contributed by atoms with Gasteiger partial charge in [0.1, 0.15) is 17.5 Å². The van der Waals surface area contributed by atoms with Crippen molar-refractivity contribution in [3.63, 3.8) is 0 Å². The molecule has 1 aromatic carbocycles. The second-order valence-corrected chi connectivity index (χ2v) is 5.99. The number of amides is 1. The molecule has 1 amide bonds. The Hall–Kier alpha value is -1.21. The van der Waals surface area contributed by atoms with Crippen LogP contribution in [-0.2, 0) is 9.53 Å². The lowest BCUT2D eigenvalue weighted by atomic mass is 9.90. The van der Waals surface area contributed by atoms with E-state index in [9.17, 15) is 14.3 Å². The summed E-state index contributed by atoms with van der Waals surface area (Å²) in [6, 6.07) is 4.32. The summed E-state index contributed by atoms with van der Waals surface area (Å²) in [5.74, 6) is -0.735. The molecule has 5 nitrogen and oxygen atoms in total. The van der Waals surface area contributed by atoms with Gasteiger partial charge >= 0.3 is 0 Å². The van der Waals surface area contributed by atoms with Gasteiger partial charge in [-0.25, -0.2) is 4.39 Å². The first-order chi connectivity index (χ1) is 10.3. The number of nitrogens with one attached hydrogen (secondary N) is 1. The van der Waals surface area contributed by atoms with Crippen LogP contribution in [0.1, 0.15) is 18.6 Å². The van der Waals surface area contributed by atoms with Crippen LogP contribution in [0.4, 0.5) is 4.39 Å². The molecule has 0 unspecified atom stereocenters. The molecule has 1 aromatic rings. The normalized spacial score (nSPS) is 25.6. The van der Waals surface area contributed by atoms with E-state index in [1.54, 1.807) is 13.1 Å². The highest BCUT2D eigenvalue weighted by molar-refractivity contribution is 6.30. The molecule has 1 heterocycles. The number of nitrogens with zero attached hydrogens (tertiary/aromatic N) is 1. The minimum atomic E-state index is -1.36. The number of benzene rings is 1. The Labute approximate surface area is 134 Å². The molecular formula is C15H20ClFN2O3. The van der Waals surface area contributed by atoms with Crippen molar-refractivity contribution in [2.24, 2.45) is 0 Å². The standard InChI is InChI=1S/C15H20ClFN2O3/c1-10(20)19(2)9-15(21)8-18-5-6-22-14(15)11-3-4-12(16)13(17)7-11/h3-4,7,14,18,21H,5-6,8-9H2,1-2H3/t14-,15+/m1/s1. The number of β-amino-alcohol motifs (C(OH)–C–C–N with tert-alkyl or cyclic N) is 1. The average Bonchev–Trinajstić information content (AvgIpc) is 2.63. The SMILES string of the molecule is CC(=O)N(C)C[C@@]1(O)CNCCO[C@@H]1c1ccc(Cl)c(F)c1. The first kappa shape index (κ1) is 17.1. The molecule has 0 radical (unpaired) electrons. The van der Waals surface area contributed by atoms with Crippen molar-refractivity contribution in [2.75, 3.05) is 33.3 Å². The zero-order valence-electron chi connectivity index (χ0n) is 12.6. The second-order valence-electron chi connectivity index (χ2n) is 5.58. The van der Waals surface area contributed by atoms with Crippen molar-refractivity contribution in [3.8, 4) is 0 Å². The number of ether oxygens (including phenoxy) is 1. The summed E-state index contributed by atoms with van der Waals surface area (Å²) >= 11 is 5.71. The summed E-state index contributed by atoms with van der Waals surface area (Å²) in [5, 5.41) is 14.1. The summed E-state index contributed by atoms with van der Waals surface area (Å²) < 4.78 is 19.4. The minimum absolute atomic E-state index is 0.0138. The summed E-state index contributed by atoms with van der Waals surface area (Å²) in [6.45, 7) is 2.68. The van der Waals surface area contributed by atoms with Crippen molar-refractivity contribution in [1.29, 1.82) is 0 Å². The Bertz CT molecular complexity index is 558. The zero-order chi connectivity index (χ0) is 16.3. The maximum absolute atomic E-state index is 13.7. The molecule has 0 aromatic heterocycles. The van der Waals surface area contributed by atoms with Gasteiger partial charge in [-0.2, -0.15) is 0 Å². The van der Waals surface area contributed by atoms with E-state index < -0.39 is 17.5 Å². The number of rotatable bonds is 3. The molecule has 0 bridgehead atoms. The topological polar surface area (TPSA) is 61.8 Å². The highest BCUT2D eigenvalue weighted by atomic mass is 35.5. The Kier molecular flexibility index (Phi) is 5.39. The number of likely N-dealkylation sites (N-methyl/N-ethyl adjacent to an activating group) is 1. The van der Waals surface area contributed by atoms with Crippen LogP contribution in [-0.4, -0.2) is 54.8 Å². The number of hydrogen-bond acceptors (Lipinski definition) is 4. The molecule has 22 heavy (non-hydrogen) atoms. The van der Waals surface area contributed by atoms with Crippen molar-refractivity contribution in [2.45, 2.75) is 18.6 Å². The van der Waals surface area contributed by atoms with Gasteiger partial charge in [0.05, 0.1) is 18.2 Å². The van der Waals surface area contributed by atoms with Crippen LogP contribution in [0.15, 0.2) is 18.2 Å². The van der Waals surface area contributed by atoms with Gasteiger partial charge in [-0.3, -0.25) is 4.79 Å². The van der Waals surface area contributed by atoms with Crippen molar-refractivity contribution >= 4 is 17.5 Å². The third-order valence-electron chi connectivity index (χ3n) is 3.78. The van der Waals surface area contributed by atoms with E-state index in [1.807, 2.05) is 0 Å². The van der Waals surface area contributed by atoms with Crippen molar-refractivity contribution in [3.05, 3.63) is 34.6 Å². The predicted molar refractivity (Wildman–Crippen MR) is 81.2 cm³/mol. The lowest BCUT2D eigenvalue weighted by Crippen LogP contribution is -2.52. The Balaban J connectivity index is 2.34. The van der Waals surface area contributed by atoms with Crippen molar-refractivity contribution in [1.82, 2.24) is 10.2 Å². The van der Waals surface area contributed by atoms with Gasteiger partial charge in [-0.15, -0.1) is 0 Å². The van der Waals surface area contributed by atoms with Crippen LogP contribution in [0.5, 0.6) is 0 Å². The molecule has 0 saturated carbocycles. The largest absolute Gasteiger partial charge is 0.384 e. The predicted octanol–water partition coefficient (Wildman–Crippen LogP) is 1.35. The monoisotopic (exact) mass is 330 g/mol. The third-order valence-corrected chi connectivity index (χ3v) is 4.08. The van der Waals surface area contributed by atoms with E-state index in [0.717, 1.165) is 0 Å². The Morgan fingerprint density at radius 2 is 2.36 bits per heavy atom. The fourth-order valence-corrected chi connectivity index (χ4v) is 2.66. The number of carbonyl (C=O) groups is 1. The molecule has 1 fully saturated rings. The van der Waals surface area contributed by atoms with E-state index in [-0.39, 0.29) is 24.0 Å². The van der Waals surface area contributed by atoms with E-state index >= 15 is 0 Å². The van der Waals surface area contributed by atoms with Crippen LogP contribution in [0, 0.1) is 5.82 Å². The van der Waals surface area contributed by atoms with E-state index in [2.05, 4.69) is 5.32 Å². The molecule has 1 saturated heterocycles. The molecule has 1 aliphatic heterocycles. The molecule has 0 aliphatic carbocycles. The molecular weight excluding hydrogens is 311 g/mol. The smallest absolute Gasteiger partial charge is 0.219 e. The molecule has 7 heteroatoms. The fraction of sp³-hybridized carbons (Fsp3) is 0.533. The summed E-state index contributed by atoms with van der Waals surface area (Å²) in [4.78, 5) is 12.9. The van der Waals surface area contributed by atoms with Gasteiger partial charge in [0.25, 0.3) is 0 Å². The lowest BCUT2D eigenvalue weighted by molar-refractivity contribution is -0.138. The average molecular weight is 331 g/mol. The lowest BCUT2D eigenvalue weighted by Gasteiger charge is -2.37. The highest BCUT2D eigenvalue weighted by Gasteiger charge is 2.41. The second kappa shape index (κ2) is 6.91. The van der Waals surface area contributed by atoms with Gasteiger partial charge < -0.3 is 20.1 Å². The van der Waals surface area contributed by atoms with Gasteiger partial charge in [0.15, 0.2) is 0 Å². The van der Waals surface area contributed by atoms with Crippen molar-refractivity contribution < 1.29 is 19.0 Å². The zero-order valence-corrected chi connectivity index (χ0v) is 13.4. The fourth-order valence-electron chi connectivity index (χ4n) is 2.54. The summed E-state index contributed by atoms with van der Waals surface area (Å²) in [7, 11) is 1.60. The van der Waals surface area contributed by atoms with Crippen LogP contribution in [0.2, 0.25) is 5.02 Å². The maximum atomic E-state index is 13.7. The molecule has 2 atom stereocenters. The van der Waals surface area contributed by atoms with Crippen LogP contribution < -0.4 is 5.32 Å². The van der Waals surface area contributed by atoms with Crippen LogP contribution in [0.3, 0.4) is 0 Å². The maximum Gasteiger partial charge on any atom is 0.219 e. The Morgan fingerprint density at radius 1 is 1.64 bits per heavy atom. The summed E-state index contributed by atoms with van der Waals surface area (Å²) in [6.07, 6.45) is -0.754. The number of carbonyl (C=O) groups excluding carboxylic acids is 1. The van der Waals surface area contributed by atoms with E-state index in [4.69, 9.17) is 16.3 Å².